The quantitative estimate of drug-likeness (QED) is 0.269. The molecule has 4 aromatic rings. The predicted molar refractivity (Wildman–Crippen MR) is 146 cm³/mol. The molecule has 0 spiro atoms. The third-order valence-electron chi connectivity index (χ3n) is 4.93. The number of nitrogens with two attached hydrogens (primary N) is 1. The summed E-state index contributed by atoms with van der Waals surface area (Å²) in [5.41, 5.74) is 7.92. The first-order chi connectivity index (χ1) is 16.5. The minimum absolute atomic E-state index is 0. The second-order valence-corrected chi connectivity index (χ2v) is 8.12. The van der Waals surface area contributed by atoms with Crippen molar-refractivity contribution in [3.05, 3.63) is 82.6 Å². The van der Waals surface area contributed by atoms with E-state index in [1.807, 2.05) is 0 Å². The number of para-hydroxylation sites is 1. The van der Waals surface area contributed by atoms with E-state index in [9.17, 15) is 20.0 Å². The maximum atomic E-state index is 12.8. The van der Waals surface area contributed by atoms with E-state index >= 15 is 0 Å². The Morgan fingerprint density at radius 3 is 2.44 bits per heavy atom. The van der Waals surface area contributed by atoms with Gasteiger partial charge in [-0.1, -0.05) is 30.3 Å². The van der Waals surface area contributed by atoms with Crippen LogP contribution in [-0.4, -0.2) is 28.4 Å². The van der Waals surface area contributed by atoms with E-state index in [4.69, 9.17) is 5.73 Å². The van der Waals surface area contributed by atoms with Crippen LogP contribution in [0.15, 0.2) is 72.1 Å². The van der Waals surface area contributed by atoms with Crippen LogP contribution in [0.25, 0.3) is 22.4 Å². The van der Waals surface area contributed by atoms with Gasteiger partial charge < -0.3 is 21.5 Å². The number of rotatable bonds is 6. The smallest absolute Gasteiger partial charge is 0.266 e. The van der Waals surface area contributed by atoms with E-state index in [2.05, 4.69) is 21.7 Å². The molecule has 2 aromatic carbocycles. The summed E-state index contributed by atoms with van der Waals surface area (Å²) in [7, 11) is 0. The fraction of sp³-hybridized carbons (Fsp3) is 0.0400. The number of halogens is 2. The fourth-order valence-electron chi connectivity index (χ4n) is 3.36. The zero-order valence-electron chi connectivity index (χ0n) is 18.6. The molecule has 5 N–H and O–H groups in total. The van der Waals surface area contributed by atoms with Crippen LogP contribution in [0.4, 0.5) is 11.5 Å². The Balaban J connectivity index is 0.00000228. The third-order valence-corrected chi connectivity index (χ3v) is 5.80. The molecule has 0 atom stereocenters. The van der Waals surface area contributed by atoms with E-state index in [1.165, 1.54) is 17.4 Å². The topological polar surface area (TPSA) is 141 Å². The van der Waals surface area contributed by atoms with Crippen molar-refractivity contribution in [1.29, 1.82) is 5.26 Å². The highest BCUT2D eigenvalue weighted by Crippen LogP contribution is 2.36. The SMILES string of the molecule is Cl.Cl.N#Cc1c(-c2cccc(NC(=O)CN)c2)cc(-c2ccccc2O)nc1NC(=O)c1cccs1. The molecule has 0 aliphatic rings. The molecule has 2 amide bonds. The van der Waals surface area contributed by atoms with Gasteiger partial charge in [-0.25, -0.2) is 4.98 Å². The van der Waals surface area contributed by atoms with Gasteiger partial charge >= 0.3 is 0 Å². The normalized spacial score (nSPS) is 9.78. The number of hydrogen-bond acceptors (Lipinski definition) is 7. The Bertz CT molecular complexity index is 1420. The molecule has 2 aromatic heterocycles. The Morgan fingerprint density at radius 1 is 1.00 bits per heavy atom. The highest BCUT2D eigenvalue weighted by molar-refractivity contribution is 7.12. The molecule has 36 heavy (non-hydrogen) atoms. The number of pyridine rings is 1. The summed E-state index contributed by atoms with van der Waals surface area (Å²) in [5, 5.41) is 27.6. The number of amides is 2. The molecule has 0 saturated heterocycles. The molecule has 11 heteroatoms. The van der Waals surface area contributed by atoms with Crippen molar-refractivity contribution in [2.24, 2.45) is 5.73 Å². The molecule has 2 heterocycles. The number of nitrogens with one attached hydrogen (secondary N) is 2. The number of aromatic nitrogens is 1. The van der Waals surface area contributed by atoms with Gasteiger partial charge in [0.1, 0.15) is 17.4 Å². The summed E-state index contributed by atoms with van der Waals surface area (Å²) in [6.07, 6.45) is 0. The maximum Gasteiger partial charge on any atom is 0.266 e. The molecule has 0 radical (unpaired) electrons. The summed E-state index contributed by atoms with van der Waals surface area (Å²) in [6.45, 7) is -0.167. The van der Waals surface area contributed by atoms with Crippen LogP contribution in [-0.2, 0) is 4.79 Å². The first kappa shape index (κ1) is 28.3. The molecule has 0 bridgehead atoms. The van der Waals surface area contributed by atoms with Crippen molar-refractivity contribution >= 4 is 59.5 Å². The lowest BCUT2D eigenvalue weighted by Crippen LogP contribution is -2.21. The van der Waals surface area contributed by atoms with Gasteiger partial charge in [0.25, 0.3) is 5.91 Å². The highest BCUT2D eigenvalue weighted by Gasteiger charge is 2.19. The van der Waals surface area contributed by atoms with Gasteiger partial charge in [0.15, 0.2) is 5.82 Å². The van der Waals surface area contributed by atoms with E-state index in [0.29, 0.717) is 32.9 Å². The Morgan fingerprint density at radius 2 is 1.78 bits per heavy atom. The van der Waals surface area contributed by atoms with Gasteiger partial charge in [0.05, 0.1) is 17.1 Å². The van der Waals surface area contributed by atoms with Gasteiger partial charge in [-0.3, -0.25) is 9.59 Å². The van der Waals surface area contributed by atoms with Crippen LogP contribution in [0.3, 0.4) is 0 Å². The molecule has 0 fully saturated rings. The van der Waals surface area contributed by atoms with Crippen LogP contribution in [0.1, 0.15) is 15.2 Å². The number of carbonyl (C=O) groups is 2. The fourth-order valence-corrected chi connectivity index (χ4v) is 3.98. The Hall–Kier alpha value is -3.94. The molecule has 0 aliphatic heterocycles. The highest BCUT2D eigenvalue weighted by atomic mass is 35.5. The number of thiophene rings is 1. The summed E-state index contributed by atoms with van der Waals surface area (Å²) >= 11 is 1.26. The van der Waals surface area contributed by atoms with Crippen molar-refractivity contribution in [3.8, 4) is 34.2 Å². The molecular formula is C25H21Cl2N5O3S. The molecule has 0 aliphatic carbocycles. The number of carbonyl (C=O) groups excluding carboxylic acids is 2. The van der Waals surface area contributed by atoms with Crippen molar-refractivity contribution in [2.75, 3.05) is 17.2 Å². The lowest BCUT2D eigenvalue weighted by Gasteiger charge is -2.15. The average Bonchev–Trinajstić information content (AvgIpc) is 3.39. The number of nitriles is 1. The number of aromatic hydroxyl groups is 1. The Labute approximate surface area is 223 Å². The molecular weight excluding hydrogens is 521 g/mol. The first-order valence-corrected chi connectivity index (χ1v) is 11.1. The number of anilines is 2. The van der Waals surface area contributed by atoms with Gasteiger partial charge in [-0.05, 0) is 47.3 Å². The zero-order chi connectivity index (χ0) is 24.1. The summed E-state index contributed by atoms with van der Waals surface area (Å²) in [6, 6.07) is 20.8. The van der Waals surface area contributed by atoms with Gasteiger partial charge in [0.2, 0.25) is 5.91 Å². The van der Waals surface area contributed by atoms with E-state index in [0.717, 1.165) is 0 Å². The minimum Gasteiger partial charge on any atom is -0.507 e. The van der Waals surface area contributed by atoms with Crippen LogP contribution in [0.2, 0.25) is 0 Å². The largest absolute Gasteiger partial charge is 0.507 e. The standard InChI is InChI=1S/C25H19N5O3S.2ClH/c26-13-19-18(15-5-3-6-16(11-15)28-23(32)14-27)12-20(17-7-1-2-8-21(17)31)29-24(19)30-25(33)22-9-4-10-34-22;;/h1-12,31H,14,27H2,(H,28,32)(H,29,30,33);2*1H. The second-order valence-electron chi connectivity index (χ2n) is 7.17. The summed E-state index contributed by atoms with van der Waals surface area (Å²) < 4.78 is 0. The van der Waals surface area contributed by atoms with Crippen molar-refractivity contribution in [1.82, 2.24) is 4.98 Å². The molecule has 184 valence electrons. The molecule has 0 saturated carbocycles. The minimum atomic E-state index is -0.400. The predicted octanol–water partition coefficient (Wildman–Crippen LogP) is 5.05. The monoisotopic (exact) mass is 541 g/mol. The van der Waals surface area contributed by atoms with Crippen molar-refractivity contribution in [3.63, 3.8) is 0 Å². The number of benzene rings is 2. The maximum absolute atomic E-state index is 12.8. The van der Waals surface area contributed by atoms with E-state index in [-0.39, 0.29) is 54.4 Å². The lowest BCUT2D eigenvalue weighted by atomic mass is 9.97. The molecule has 8 nitrogen and oxygen atoms in total. The molecule has 0 unspecified atom stereocenters. The first-order valence-electron chi connectivity index (χ1n) is 10.2. The van der Waals surface area contributed by atoms with Crippen molar-refractivity contribution in [2.45, 2.75) is 0 Å². The zero-order valence-corrected chi connectivity index (χ0v) is 21.0. The second kappa shape index (κ2) is 12.7. The number of phenols is 1. The average molecular weight is 542 g/mol. The summed E-state index contributed by atoms with van der Waals surface area (Å²) in [5.74, 6) is -0.687. The van der Waals surface area contributed by atoms with Gasteiger partial charge in [-0.15, -0.1) is 36.2 Å². The number of nitrogens with zero attached hydrogens (tertiary/aromatic N) is 2. The Kier molecular flexibility index (Phi) is 9.96. The van der Waals surface area contributed by atoms with Gasteiger partial charge in [-0.2, -0.15) is 5.26 Å². The van der Waals surface area contributed by atoms with Crippen LogP contribution >= 0.6 is 36.2 Å². The van der Waals surface area contributed by atoms with Crippen LogP contribution in [0.5, 0.6) is 5.75 Å². The van der Waals surface area contributed by atoms with Gasteiger partial charge in [0, 0.05) is 16.8 Å². The number of hydrogen-bond donors (Lipinski definition) is 4. The molecule has 4 rings (SSSR count). The summed E-state index contributed by atoms with van der Waals surface area (Å²) in [4.78, 5) is 29.5. The van der Waals surface area contributed by atoms with E-state index < -0.39 is 5.91 Å². The van der Waals surface area contributed by atoms with E-state index in [1.54, 1.807) is 66.0 Å². The number of phenolic OH excluding ortho intramolecular Hbond substituents is 1. The third kappa shape index (κ3) is 6.19. The van der Waals surface area contributed by atoms with Crippen LogP contribution in [0, 0.1) is 11.3 Å². The van der Waals surface area contributed by atoms with Crippen molar-refractivity contribution < 1.29 is 14.7 Å². The lowest BCUT2D eigenvalue weighted by molar-refractivity contribution is -0.114. The van der Waals surface area contributed by atoms with Crippen LogP contribution < -0.4 is 16.4 Å².